The van der Waals surface area contributed by atoms with Gasteiger partial charge in [0.25, 0.3) is 0 Å². The second-order valence-corrected chi connectivity index (χ2v) is 4.74. The summed E-state index contributed by atoms with van der Waals surface area (Å²) in [6.45, 7) is 0. The molecule has 0 spiro atoms. The second-order valence-electron chi connectivity index (χ2n) is 4.74. The lowest BCUT2D eigenvalue weighted by atomic mass is 9.71. The van der Waals surface area contributed by atoms with Crippen molar-refractivity contribution >= 4 is 0 Å². The molecule has 2 saturated heterocycles. The molecule has 66 valence electrons. The molecule has 12 heavy (non-hydrogen) atoms. The summed E-state index contributed by atoms with van der Waals surface area (Å²) < 4.78 is 11.4. The topological polar surface area (TPSA) is 25.1 Å². The molecule has 4 aliphatic rings. The fourth-order valence-electron chi connectivity index (χ4n) is 3.49. The van der Waals surface area contributed by atoms with Crippen molar-refractivity contribution in [2.75, 3.05) is 0 Å². The Morgan fingerprint density at radius 3 is 1.67 bits per heavy atom. The van der Waals surface area contributed by atoms with E-state index in [1.54, 1.807) is 0 Å². The number of hydrogen-bond donors (Lipinski definition) is 0. The van der Waals surface area contributed by atoms with Crippen LogP contribution in [0.2, 0.25) is 0 Å². The van der Waals surface area contributed by atoms with Gasteiger partial charge in [0.15, 0.2) is 0 Å². The fraction of sp³-hybridized carbons (Fsp3) is 1.00. The van der Waals surface area contributed by atoms with Crippen molar-refractivity contribution in [2.45, 2.75) is 50.1 Å². The summed E-state index contributed by atoms with van der Waals surface area (Å²) in [5.41, 5.74) is 0. The van der Waals surface area contributed by atoms with Crippen molar-refractivity contribution in [3.8, 4) is 0 Å². The smallest absolute Gasteiger partial charge is 0.113 e. The van der Waals surface area contributed by atoms with Crippen LogP contribution in [0.4, 0.5) is 0 Å². The molecular formula is C10H14O2. The molecule has 2 nitrogen and oxygen atoms in total. The summed E-state index contributed by atoms with van der Waals surface area (Å²) in [4.78, 5) is 0. The number of fused-ring (bicyclic) bond motifs is 6. The third-order valence-electron chi connectivity index (χ3n) is 4.17. The van der Waals surface area contributed by atoms with E-state index in [1.165, 1.54) is 25.7 Å². The van der Waals surface area contributed by atoms with Crippen LogP contribution in [0, 0.1) is 11.8 Å². The van der Waals surface area contributed by atoms with Crippen LogP contribution in [0.1, 0.15) is 25.7 Å². The normalized spacial score (nSPS) is 66.0. The minimum absolute atomic E-state index is 0.523. The van der Waals surface area contributed by atoms with Crippen molar-refractivity contribution in [1.82, 2.24) is 0 Å². The van der Waals surface area contributed by atoms with Crippen molar-refractivity contribution in [2.24, 2.45) is 11.8 Å². The molecule has 0 N–H and O–H groups in total. The molecule has 0 aromatic carbocycles. The van der Waals surface area contributed by atoms with E-state index in [4.69, 9.17) is 9.47 Å². The first-order valence-electron chi connectivity index (χ1n) is 5.26. The van der Waals surface area contributed by atoms with Crippen molar-refractivity contribution in [3.05, 3.63) is 0 Å². The van der Waals surface area contributed by atoms with Gasteiger partial charge in [-0.05, 0) is 24.7 Å². The van der Waals surface area contributed by atoms with Crippen LogP contribution in [-0.2, 0) is 9.47 Å². The zero-order valence-corrected chi connectivity index (χ0v) is 7.11. The highest BCUT2D eigenvalue weighted by atomic mass is 16.7. The number of epoxide rings is 2. The van der Waals surface area contributed by atoms with Crippen LogP contribution >= 0.6 is 0 Å². The Morgan fingerprint density at radius 2 is 1.17 bits per heavy atom. The van der Waals surface area contributed by atoms with Gasteiger partial charge in [-0.2, -0.15) is 0 Å². The summed E-state index contributed by atoms with van der Waals surface area (Å²) in [6.07, 6.45) is 7.91. The monoisotopic (exact) mass is 166 g/mol. The molecular weight excluding hydrogens is 152 g/mol. The average Bonchev–Trinajstić information content (AvgIpc) is 2.98. The Kier molecular flexibility index (Phi) is 0.999. The van der Waals surface area contributed by atoms with Crippen molar-refractivity contribution in [1.29, 1.82) is 0 Å². The van der Waals surface area contributed by atoms with Crippen LogP contribution in [0.15, 0.2) is 0 Å². The maximum Gasteiger partial charge on any atom is 0.113 e. The molecule has 6 unspecified atom stereocenters. The van der Waals surface area contributed by atoms with Gasteiger partial charge in [0.05, 0.1) is 12.2 Å². The average molecular weight is 166 g/mol. The Bertz CT molecular complexity index is 204. The highest BCUT2D eigenvalue weighted by Gasteiger charge is 2.68. The fourth-order valence-corrected chi connectivity index (χ4v) is 3.49. The van der Waals surface area contributed by atoms with Gasteiger partial charge in [-0.15, -0.1) is 0 Å². The van der Waals surface area contributed by atoms with Crippen LogP contribution in [0.3, 0.4) is 0 Å². The highest BCUT2D eigenvalue weighted by Crippen LogP contribution is 2.57. The largest absolute Gasteiger partial charge is 0.366 e. The molecule has 0 aromatic heterocycles. The zero-order chi connectivity index (χ0) is 7.71. The van der Waals surface area contributed by atoms with Gasteiger partial charge in [0, 0.05) is 0 Å². The first-order valence-corrected chi connectivity index (χ1v) is 5.26. The second kappa shape index (κ2) is 1.88. The van der Waals surface area contributed by atoms with Gasteiger partial charge >= 0.3 is 0 Å². The zero-order valence-electron chi connectivity index (χ0n) is 7.11. The minimum Gasteiger partial charge on any atom is -0.366 e. The summed E-state index contributed by atoms with van der Waals surface area (Å²) in [7, 11) is 0. The highest BCUT2D eigenvalue weighted by molar-refractivity contribution is 5.15. The van der Waals surface area contributed by atoms with Crippen molar-refractivity contribution < 1.29 is 9.47 Å². The molecule has 2 saturated carbocycles. The lowest BCUT2D eigenvalue weighted by Crippen LogP contribution is -2.35. The van der Waals surface area contributed by atoms with E-state index in [0.29, 0.717) is 24.4 Å². The molecule has 6 atom stereocenters. The van der Waals surface area contributed by atoms with E-state index in [0.717, 1.165) is 11.8 Å². The van der Waals surface area contributed by atoms with E-state index in [-0.39, 0.29) is 0 Å². The number of hydrogen-bond acceptors (Lipinski definition) is 2. The van der Waals surface area contributed by atoms with Gasteiger partial charge in [-0.3, -0.25) is 0 Å². The van der Waals surface area contributed by atoms with E-state index < -0.39 is 0 Å². The maximum atomic E-state index is 5.68. The van der Waals surface area contributed by atoms with E-state index in [1.807, 2.05) is 0 Å². The third-order valence-corrected chi connectivity index (χ3v) is 4.17. The molecule has 0 radical (unpaired) electrons. The predicted octanol–water partition coefficient (Wildman–Crippen LogP) is 1.34. The molecule has 2 heterocycles. The van der Waals surface area contributed by atoms with Gasteiger partial charge in [0.2, 0.25) is 0 Å². The number of rotatable bonds is 0. The molecule has 2 aliphatic carbocycles. The molecule has 2 aliphatic heterocycles. The Labute approximate surface area is 72.2 Å². The molecule has 4 fully saturated rings. The summed E-state index contributed by atoms with van der Waals surface area (Å²) in [6, 6.07) is 0. The SMILES string of the molecule is C1CCC2C(C1)C1OC1C1OC21. The molecule has 0 amide bonds. The Morgan fingerprint density at radius 1 is 0.667 bits per heavy atom. The van der Waals surface area contributed by atoms with E-state index >= 15 is 0 Å². The number of ether oxygens (including phenoxy) is 2. The maximum absolute atomic E-state index is 5.68. The van der Waals surface area contributed by atoms with Gasteiger partial charge in [0.1, 0.15) is 12.2 Å². The minimum atomic E-state index is 0.523. The first-order chi connectivity index (χ1) is 5.95. The third kappa shape index (κ3) is 0.647. The summed E-state index contributed by atoms with van der Waals surface area (Å²) in [5, 5.41) is 0. The quantitative estimate of drug-likeness (QED) is 0.507. The molecule has 2 heteroatoms. The molecule has 0 bridgehead atoms. The Balaban J connectivity index is 1.67. The Hall–Kier alpha value is -0.0800. The predicted molar refractivity (Wildman–Crippen MR) is 42.8 cm³/mol. The summed E-state index contributed by atoms with van der Waals surface area (Å²) >= 11 is 0. The van der Waals surface area contributed by atoms with Crippen LogP contribution < -0.4 is 0 Å². The lowest BCUT2D eigenvalue weighted by molar-refractivity contribution is 0.150. The molecule has 0 aromatic rings. The van der Waals surface area contributed by atoms with Crippen molar-refractivity contribution in [3.63, 3.8) is 0 Å². The standard InChI is InChI=1S/C10H14O2/c1-2-4-6-5(3-1)7-9(11-7)10-8(6)12-10/h5-10H,1-4H2. The van der Waals surface area contributed by atoms with Gasteiger partial charge in [-0.1, -0.05) is 12.8 Å². The molecule has 4 rings (SSSR count). The first kappa shape index (κ1) is 6.39. The van der Waals surface area contributed by atoms with Crippen LogP contribution in [0.25, 0.3) is 0 Å². The summed E-state index contributed by atoms with van der Waals surface area (Å²) in [5.74, 6) is 1.74. The van der Waals surface area contributed by atoms with Crippen LogP contribution in [-0.4, -0.2) is 24.4 Å². The van der Waals surface area contributed by atoms with E-state index in [2.05, 4.69) is 0 Å². The van der Waals surface area contributed by atoms with E-state index in [9.17, 15) is 0 Å². The van der Waals surface area contributed by atoms with Gasteiger partial charge < -0.3 is 9.47 Å². The van der Waals surface area contributed by atoms with Crippen LogP contribution in [0.5, 0.6) is 0 Å². The van der Waals surface area contributed by atoms with Gasteiger partial charge in [-0.25, -0.2) is 0 Å². The lowest BCUT2D eigenvalue weighted by Gasteiger charge is -2.31.